The predicted molar refractivity (Wildman–Crippen MR) is 102 cm³/mol. The Kier molecular flexibility index (Phi) is 5.89. The molecule has 1 aromatic carbocycles. The third kappa shape index (κ3) is 4.35. The van der Waals surface area contributed by atoms with Gasteiger partial charge in [-0.1, -0.05) is 26.0 Å². The molecule has 0 spiro atoms. The molecule has 1 N–H and O–H groups in total. The second-order valence-corrected chi connectivity index (χ2v) is 7.75. The first-order chi connectivity index (χ1) is 12.9. The number of halogens is 1. The van der Waals surface area contributed by atoms with Gasteiger partial charge in [0.05, 0.1) is 6.04 Å². The van der Waals surface area contributed by atoms with Gasteiger partial charge >= 0.3 is 0 Å². The van der Waals surface area contributed by atoms with Crippen LogP contribution < -0.4 is 5.32 Å². The Balaban J connectivity index is 1.99. The van der Waals surface area contributed by atoms with Crippen molar-refractivity contribution in [1.82, 2.24) is 25.0 Å². The van der Waals surface area contributed by atoms with Crippen LogP contribution in [0.15, 0.2) is 24.3 Å². The molecule has 7 heteroatoms. The summed E-state index contributed by atoms with van der Waals surface area (Å²) in [5.74, 6) is 1.32. The third-order valence-corrected chi connectivity index (χ3v) is 4.80. The number of carbonyl (C=O) groups excluding carboxylic acids is 1. The Morgan fingerprint density at radius 2 is 2.00 bits per heavy atom. The highest BCUT2D eigenvalue weighted by molar-refractivity contribution is 5.82. The summed E-state index contributed by atoms with van der Waals surface area (Å²) in [7, 11) is 0. The summed E-state index contributed by atoms with van der Waals surface area (Å²) in [6.45, 7) is 9.79. The van der Waals surface area contributed by atoms with Crippen LogP contribution in [-0.4, -0.2) is 50.7 Å². The number of hydrogen-bond donors (Lipinski definition) is 1. The smallest absolute Gasteiger partial charge is 0.237 e. The lowest BCUT2D eigenvalue weighted by molar-refractivity contribution is -0.130. The molecule has 0 radical (unpaired) electrons. The zero-order valence-electron chi connectivity index (χ0n) is 16.4. The van der Waals surface area contributed by atoms with Crippen molar-refractivity contribution in [1.29, 1.82) is 0 Å². The molecule has 2 aromatic rings. The fourth-order valence-corrected chi connectivity index (χ4v) is 3.53. The fraction of sp³-hybridized carbons (Fsp3) is 0.550. The molecular weight excluding hydrogens is 345 g/mol. The number of benzene rings is 1. The van der Waals surface area contributed by atoms with E-state index in [-0.39, 0.29) is 23.8 Å². The van der Waals surface area contributed by atoms with E-state index in [2.05, 4.69) is 48.0 Å². The number of piperazine rings is 1. The van der Waals surface area contributed by atoms with E-state index in [1.807, 2.05) is 0 Å². The number of hydrogen-bond acceptors (Lipinski definition) is 4. The maximum atomic E-state index is 14.4. The van der Waals surface area contributed by atoms with Gasteiger partial charge in [0.2, 0.25) is 5.91 Å². The Morgan fingerprint density at radius 3 is 2.67 bits per heavy atom. The molecular formula is C20H28FN5O. The van der Waals surface area contributed by atoms with Crippen LogP contribution in [0, 0.1) is 11.7 Å². The second kappa shape index (κ2) is 8.17. The predicted octanol–water partition coefficient (Wildman–Crippen LogP) is 2.36. The number of aromatic nitrogens is 3. The van der Waals surface area contributed by atoms with Crippen molar-refractivity contribution in [2.75, 3.05) is 13.1 Å². The summed E-state index contributed by atoms with van der Waals surface area (Å²) in [5.41, 5.74) is 0.363. The van der Waals surface area contributed by atoms with Crippen molar-refractivity contribution < 1.29 is 9.18 Å². The standard InChI is InChI=1S/C20H28FN5O/c1-13(2)11-18-23-19(26(24-18)16-8-6-5-7-15(16)21)12-17-20(27)22-9-10-25(17)14(3)4/h5-8,13-14,17H,9-12H2,1-4H3,(H,22,27)/t17-/m1/s1. The molecule has 1 atom stereocenters. The van der Waals surface area contributed by atoms with E-state index >= 15 is 0 Å². The van der Waals surface area contributed by atoms with Gasteiger partial charge in [-0.25, -0.2) is 14.1 Å². The van der Waals surface area contributed by atoms with E-state index < -0.39 is 0 Å². The zero-order valence-corrected chi connectivity index (χ0v) is 16.4. The van der Waals surface area contributed by atoms with Crippen molar-refractivity contribution >= 4 is 5.91 Å². The van der Waals surface area contributed by atoms with E-state index in [0.717, 1.165) is 6.54 Å². The van der Waals surface area contributed by atoms with Gasteiger partial charge in [-0.15, -0.1) is 0 Å². The van der Waals surface area contributed by atoms with Crippen LogP contribution in [0.4, 0.5) is 4.39 Å². The largest absolute Gasteiger partial charge is 0.353 e. The maximum Gasteiger partial charge on any atom is 0.237 e. The first-order valence-electron chi connectivity index (χ1n) is 9.60. The molecule has 1 amide bonds. The Morgan fingerprint density at radius 1 is 1.26 bits per heavy atom. The molecule has 146 valence electrons. The normalized spacial score (nSPS) is 18.3. The molecule has 1 aromatic heterocycles. The van der Waals surface area contributed by atoms with Crippen LogP contribution in [-0.2, 0) is 17.6 Å². The van der Waals surface area contributed by atoms with Crippen LogP contribution in [0.5, 0.6) is 0 Å². The van der Waals surface area contributed by atoms with Gasteiger partial charge in [0.25, 0.3) is 0 Å². The minimum Gasteiger partial charge on any atom is -0.353 e. The number of rotatable bonds is 6. The van der Waals surface area contributed by atoms with E-state index in [1.54, 1.807) is 22.9 Å². The molecule has 2 heterocycles. The summed E-state index contributed by atoms with van der Waals surface area (Å²) in [6.07, 6.45) is 1.10. The van der Waals surface area contributed by atoms with Gasteiger partial charge in [0.1, 0.15) is 17.3 Å². The number of amides is 1. The van der Waals surface area contributed by atoms with Gasteiger partial charge in [0, 0.05) is 32.0 Å². The topological polar surface area (TPSA) is 63.1 Å². The monoisotopic (exact) mass is 373 g/mol. The van der Waals surface area contributed by atoms with Crippen LogP contribution >= 0.6 is 0 Å². The van der Waals surface area contributed by atoms with Gasteiger partial charge in [-0.05, 0) is 31.9 Å². The van der Waals surface area contributed by atoms with Crippen molar-refractivity contribution in [2.45, 2.75) is 52.6 Å². The quantitative estimate of drug-likeness (QED) is 0.844. The Labute approximate surface area is 159 Å². The van der Waals surface area contributed by atoms with Crippen LogP contribution in [0.2, 0.25) is 0 Å². The minimum atomic E-state index is -0.353. The summed E-state index contributed by atoms with van der Waals surface area (Å²) in [5, 5.41) is 7.49. The number of para-hydroxylation sites is 1. The SMILES string of the molecule is CC(C)Cc1nc(C[C@@H]2C(=O)NCCN2C(C)C)n(-c2ccccc2F)n1. The second-order valence-electron chi connectivity index (χ2n) is 7.75. The molecule has 1 fully saturated rings. The van der Waals surface area contributed by atoms with Crippen LogP contribution in [0.3, 0.4) is 0 Å². The van der Waals surface area contributed by atoms with E-state index in [4.69, 9.17) is 0 Å². The number of nitrogens with zero attached hydrogens (tertiary/aromatic N) is 4. The highest BCUT2D eigenvalue weighted by atomic mass is 19.1. The molecule has 1 saturated heterocycles. The van der Waals surface area contributed by atoms with Crippen molar-refractivity contribution in [2.24, 2.45) is 5.92 Å². The average molecular weight is 373 g/mol. The maximum absolute atomic E-state index is 14.4. The zero-order chi connectivity index (χ0) is 19.6. The molecule has 1 aliphatic heterocycles. The summed E-state index contributed by atoms with van der Waals surface area (Å²) in [6, 6.07) is 6.44. The lowest BCUT2D eigenvalue weighted by atomic mass is 10.1. The summed E-state index contributed by atoms with van der Waals surface area (Å²) >= 11 is 0. The lowest BCUT2D eigenvalue weighted by Crippen LogP contribution is -2.58. The minimum absolute atomic E-state index is 0.0107. The van der Waals surface area contributed by atoms with Gasteiger partial charge in [-0.3, -0.25) is 9.69 Å². The molecule has 0 saturated carbocycles. The Bertz CT molecular complexity index is 801. The molecule has 0 bridgehead atoms. The van der Waals surface area contributed by atoms with Gasteiger partial charge in [0.15, 0.2) is 5.82 Å². The molecule has 1 aliphatic rings. The highest BCUT2D eigenvalue weighted by Crippen LogP contribution is 2.19. The molecule has 6 nitrogen and oxygen atoms in total. The average Bonchev–Trinajstić information content (AvgIpc) is 2.98. The van der Waals surface area contributed by atoms with E-state index in [1.165, 1.54) is 6.07 Å². The van der Waals surface area contributed by atoms with Crippen LogP contribution in [0.25, 0.3) is 5.69 Å². The molecule has 0 aliphatic carbocycles. The van der Waals surface area contributed by atoms with Crippen molar-refractivity contribution in [3.8, 4) is 5.69 Å². The molecule has 27 heavy (non-hydrogen) atoms. The molecule has 3 rings (SSSR count). The van der Waals surface area contributed by atoms with Crippen molar-refractivity contribution in [3.63, 3.8) is 0 Å². The lowest BCUT2D eigenvalue weighted by Gasteiger charge is -2.37. The first kappa shape index (κ1) is 19.5. The van der Waals surface area contributed by atoms with Crippen molar-refractivity contribution in [3.05, 3.63) is 41.7 Å². The first-order valence-corrected chi connectivity index (χ1v) is 9.60. The van der Waals surface area contributed by atoms with Gasteiger partial charge in [-0.2, -0.15) is 5.10 Å². The summed E-state index contributed by atoms with van der Waals surface area (Å²) in [4.78, 5) is 19.4. The van der Waals surface area contributed by atoms with E-state index in [9.17, 15) is 9.18 Å². The summed E-state index contributed by atoms with van der Waals surface area (Å²) < 4.78 is 16.0. The fourth-order valence-electron chi connectivity index (χ4n) is 3.53. The van der Waals surface area contributed by atoms with E-state index in [0.29, 0.717) is 42.6 Å². The molecule has 0 unspecified atom stereocenters. The number of nitrogens with one attached hydrogen (secondary N) is 1. The van der Waals surface area contributed by atoms with Gasteiger partial charge < -0.3 is 5.32 Å². The Hall–Kier alpha value is -2.28. The highest BCUT2D eigenvalue weighted by Gasteiger charge is 2.33. The van der Waals surface area contributed by atoms with Crippen LogP contribution in [0.1, 0.15) is 39.3 Å². The number of carbonyl (C=O) groups is 1. The third-order valence-electron chi connectivity index (χ3n) is 4.80.